The van der Waals surface area contributed by atoms with Crippen LogP contribution in [0.4, 0.5) is 4.79 Å². The van der Waals surface area contributed by atoms with E-state index in [1.54, 1.807) is 6.92 Å². The van der Waals surface area contributed by atoms with Crippen LogP contribution in [-0.2, 0) is 17.6 Å². The van der Waals surface area contributed by atoms with Crippen molar-refractivity contribution in [2.45, 2.75) is 98.3 Å². The van der Waals surface area contributed by atoms with Gasteiger partial charge in [0.15, 0.2) is 5.78 Å². The minimum Gasteiger partial charge on any atom is -0.507 e. The second-order valence-corrected chi connectivity index (χ2v) is 10.7. The summed E-state index contributed by atoms with van der Waals surface area (Å²) in [5, 5.41) is 10.6. The quantitative estimate of drug-likeness (QED) is 0.146. The Kier molecular flexibility index (Phi) is 12.0. The predicted octanol–water partition coefficient (Wildman–Crippen LogP) is 7.26. The van der Waals surface area contributed by atoms with Crippen molar-refractivity contribution >= 4 is 18.1 Å². The van der Waals surface area contributed by atoms with E-state index in [2.05, 4.69) is 16.7 Å². The molecule has 210 valence electrons. The maximum atomic E-state index is 13.3. The summed E-state index contributed by atoms with van der Waals surface area (Å²) < 4.78 is 15.9. The van der Waals surface area contributed by atoms with Crippen LogP contribution in [0.25, 0.3) is 0 Å². The highest BCUT2D eigenvalue weighted by atomic mass is 16.5. The molecule has 0 aliphatic carbocycles. The minimum absolute atomic E-state index is 0.173. The zero-order chi connectivity index (χ0) is 28.3. The lowest BCUT2D eigenvalue weighted by Gasteiger charge is -2.30. The summed E-state index contributed by atoms with van der Waals surface area (Å²) in [6.07, 6.45) is 8.79. The van der Waals surface area contributed by atoms with E-state index in [9.17, 15) is 19.5 Å². The fraction of sp³-hybridized carbons (Fsp3) is 0.600. The molecule has 8 nitrogen and oxygen atoms in total. The third-order valence-electron chi connectivity index (χ3n) is 7.21. The zero-order valence-corrected chi connectivity index (χ0v) is 23.7. The molecule has 2 rings (SSSR count). The number of aryl methyl sites for hydroxylation is 1. The molecule has 0 aromatic carbocycles. The smallest absolute Gasteiger partial charge is 0.432 e. The standard InChI is InChI=1S/C30H43NO7/c1-7-8-9-10-14-22-15-16-23(37-22)19-30(4,5)21(3)27(33)26-24(32)18-25(38-28(26)34)20(2)13-11-12-17-31-29(35)36-6/h15-18,20-21,32H,7-14,19H2,1-6H3. The average molecular weight is 530 g/mol. The molecule has 0 fully saturated rings. The first-order chi connectivity index (χ1) is 18.0. The van der Waals surface area contributed by atoms with Crippen LogP contribution >= 0.6 is 0 Å². The van der Waals surface area contributed by atoms with E-state index in [1.165, 1.54) is 38.7 Å². The number of ketones is 1. The first-order valence-corrected chi connectivity index (χ1v) is 13.6. The van der Waals surface area contributed by atoms with Crippen LogP contribution in [0.2, 0.25) is 0 Å². The number of carbonyl (C=O) groups is 2. The number of hydrogen-bond acceptors (Lipinski definition) is 7. The van der Waals surface area contributed by atoms with Gasteiger partial charge in [0, 0.05) is 37.0 Å². The number of carbonyl (C=O) groups excluding carboxylic acids is 2. The Balaban J connectivity index is 2.04. The number of nitrogens with zero attached hydrogens (tertiary/aromatic N) is 1. The lowest BCUT2D eigenvalue weighted by atomic mass is 9.73. The van der Waals surface area contributed by atoms with Crippen molar-refractivity contribution in [2.75, 3.05) is 7.11 Å². The number of methoxy groups -OCH3 is 1. The van der Waals surface area contributed by atoms with Crippen LogP contribution in [0.3, 0.4) is 0 Å². The molecule has 0 aliphatic heterocycles. The van der Waals surface area contributed by atoms with E-state index in [0.717, 1.165) is 24.4 Å². The number of ether oxygens (including phenoxy) is 1. The highest BCUT2D eigenvalue weighted by molar-refractivity contribution is 6.00. The number of unbranched alkanes of at least 4 members (excludes halogenated alkanes) is 4. The first-order valence-electron chi connectivity index (χ1n) is 13.6. The molecule has 38 heavy (non-hydrogen) atoms. The molecule has 1 N–H and O–H groups in total. The van der Waals surface area contributed by atoms with Gasteiger partial charge in [-0.05, 0) is 43.2 Å². The molecule has 2 heterocycles. The third-order valence-corrected chi connectivity index (χ3v) is 7.21. The predicted molar refractivity (Wildman–Crippen MR) is 147 cm³/mol. The molecule has 2 aromatic rings. The molecular weight excluding hydrogens is 486 g/mol. The molecule has 0 aliphatic rings. The molecule has 1 amide bonds. The number of Topliss-reactive ketones (excluding diaryl/α,β-unsaturated/α-hetero) is 1. The van der Waals surface area contributed by atoms with Gasteiger partial charge in [0.25, 0.3) is 0 Å². The molecule has 0 saturated heterocycles. The molecule has 0 bridgehead atoms. The highest BCUT2D eigenvalue weighted by Crippen LogP contribution is 2.35. The first kappa shape index (κ1) is 31.1. The summed E-state index contributed by atoms with van der Waals surface area (Å²) in [6, 6.07) is 5.31. The monoisotopic (exact) mass is 529 g/mol. The van der Waals surface area contributed by atoms with Gasteiger partial charge in [-0.25, -0.2) is 9.59 Å². The number of rotatable bonds is 15. The van der Waals surface area contributed by atoms with E-state index in [4.69, 9.17) is 8.83 Å². The largest absolute Gasteiger partial charge is 0.507 e. The fourth-order valence-electron chi connectivity index (χ4n) is 4.37. The van der Waals surface area contributed by atoms with Gasteiger partial charge in [-0.15, -0.1) is 0 Å². The summed E-state index contributed by atoms with van der Waals surface area (Å²) in [5.74, 6) is 0.506. The van der Waals surface area contributed by atoms with E-state index >= 15 is 0 Å². The highest BCUT2D eigenvalue weighted by Gasteiger charge is 2.36. The SMILES string of the molecule is CCCCCCc1ccc(CC(C)(C)C(C)C(=O)c2c(O)cc(C(C)CCCC=NC(=O)OC)oc2=O)o1. The van der Waals surface area contributed by atoms with Crippen LogP contribution in [0, 0.1) is 11.3 Å². The Morgan fingerprint density at radius 3 is 2.47 bits per heavy atom. The van der Waals surface area contributed by atoms with Crippen LogP contribution in [0.5, 0.6) is 5.75 Å². The van der Waals surface area contributed by atoms with E-state index in [1.807, 2.05) is 32.9 Å². The summed E-state index contributed by atoms with van der Waals surface area (Å²) in [5.41, 5.74) is -1.67. The third kappa shape index (κ3) is 8.99. The van der Waals surface area contributed by atoms with Gasteiger partial charge < -0.3 is 18.7 Å². The zero-order valence-electron chi connectivity index (χ0n) is 23.7. The van der Waals surface area contributed by atoms with Crippen molar-refractivity contribution < 1.29 is 28.3 Å². The van der Waals surface area contributed by atoms with Crippen molar-refractivity contribution in [3.05, 3.63) is 51.5 Å². The maximum Gasteiger partial charge on any atom is 0.432 e. The maximum absolute atomic E-state index is 13.3. The Hall–Kier alpha value is -3.16. The molecule has 0 spiro atoms. The van der Waals surface area contributed by atoms with Gasteiger partial charge in [-0.2, -0.15) is 4.99 Å². The van der Waals surface area contributed by atoms with Crippen LogP contribution in [0.1, 0.15) is 113 Å². The number of aliphatic imine (C=N–C) groups is 1. The van der Waals surface area contributed by atoms with Gasteiger partial charge >= 0.3 is 11.7 Å². The van der Waals surface area contributed by atoms with Crippen molar-refractivity contribution in [2.24, 2.45) is 16.3 Å². The van der Waals surface area contributed by atoms with Gasteiger partial charge in [0.05, 0.1) is 7.11 Å². The second-order valence-electron chi connectivity index (χ2n) is 10.7. The van der Waals surface area contributed by atoms with E-state index in [0.29, 0.717) is 31.4 Å². The van der Waals surface area contributed by atoms with Crippen molar-refractivity contribution in [3.63, 3.8) is 0 Å². The van der Waals surface area contributed by atoms with Gasteiger partial charge in [-0.1, -0.05) is 53.9 Å². The Bertz CT molecular complexity index is 1140. The van der Waals surface area contributed by atoms with Crippen molar-refractivity contribution in [1.29, 1.82) is 0 Å². The topological polar surface area (TPSA) is 119 Å². The molecule has 8 heteroatoms. The van der Waals surface area contributed by atoms with E-state index < -0.39 is 28.8 Å². The van der Waals surface area contributed by atoms with Crippen molar-refractivity contribution in [3.8, 4) is 5.75 Å². The number of hydrogen-bond donors (Lipinski definition) is 1. The minimum atomic E-state index is -0.834. The lowest BCUT2D eigenvalue weighted by Crippen LogP contribution is -2.33. The molecule has 0 radical (unpaired) electrons. The number of amides is 1. The summed E-state index contributed by atoms with van der Waals surface area (Å²) in [6.45, 7) is 9.73. The molecule has 2 atom stereocenters. The average Bonchev–Trinajstić information content (AvgIpc) is 3.31. The summed E-state index contributed by atoms with van der Waals surface area (Å²) in [7, 11) is 1.26. The summed E-state index contributed by atoms with van der Waals surface area (Å²) >= 11 is 0. The Labute approximate surface area is 225 Å². The van der Waals surface area contributed by atoms with Gasteiger partial charge in [-0.3, -0.25) is 4.79 Å². The Morgan fingerprint density at radius 2 is 1.82 bits per heavy atom. The normalized spacial score (nSPS) is 13.5. The van der Waals surface area contributed by atoms with Gasteiger partial charge in [0.2, 0.25) is 0 Å². The van der Waals surface area contributed by atoms with Crippen LogP contribution in [0.15, 0.2) is 36.8 Å². The molecule has 0 saturated carbocycles. The van der Waals surface area contributed by atoms with E-state index in [-0.39, 0.29) is 17.2 Å². The number of furan rings is 1. The van der Waals surface area contributed by atoms with Gasteiger partial charge in [0.1, 0.15) is 28.6 Å². The van der Waals surface area contributed by atoms with Crippen LogP contribution in [-0.4, -0.2) is 30.3 Å². The molecule has 2 unspecified atom stereocenters. The van der Waals surface area contributed by atoms with Crippen LogP contribution < -0.4 is 5.63 Å². The fourth-order valence-corrected chi connectivity index (χ4v) is 4.37. The van der Waals surface area contributed by atoms with Crippen molar-refractivity contribution in [1.82, 2.24) is 0 Å². The number of aromatic hydroxyl groups is 1. The summed E-state index contributed by atoms with van der Waals surface area (Å²) in [4.78, 5) is 40.8. The second kappa shape index (κ2) is 14.7. The lowest BCUT2D eigenvalue weighted by molar-refractivity contribution is 0.0805. The molecular formula is C30H43NO7. The molecule has 2 aromatic heterocycles. The Morgan fingerprint density at radius 1 is 1.11 bits per heavy atom.